The Balaban J connectivity index is 1.66. The Morgan fingerprint density at radius 2 is 1.44 bits per heavy atom. The first-order valence-electron chi connectivity index (χ1n) is 11.6. The van der Waals surface area contributed by atoms with Gasteiger partial charge in [-0.1, -0.05) is 36.9 Å². The molecule has 8 heteroatoms. The summed E-state index contributed by atoms with van der Waals surface area (Å²) in [5, 5.41) is 12.0. The van der Waals surface area contributed by atoms with Crippen LogP contribution in [0.4, 0.5) is 5.69 Å². The van der Waals surface area contributed by atoms with E-state index in [-0.39, 0.29) is 11.2 Å². The summed E-state index contributed by atoms with van der Waals surface area (Å²) in [6, 6.07) is 23.0. The van der Waals surface area contributed by atoms with Crippen molar-refractivity contribution in [3.63, 3.8) is 0 Å². The van der Waals surface area contributed by atoms with Crippen molar-refractivity contribution in [3.8, 4) is 34.0 Å². The van der Waals surface area contributed by atoms with Crippen LogP contribution < -0.4 is 14.8 Å². The maximum Gasteiger partial charge on any atom is 0.237 e. The molecule has 0 radical (unpaired) electrons. The van der Waals surface area contributed by atoms with Gasteiger partial charge >= 0.3 is 0 Å². The van der Waals surface area contributed by atoms with Crippen LogP contribution in [0, 0.1) is 6.92 Å². The number of aryl methyl sites for hydroxylation is 1. The average Bonchev–Trinajstić information content (AvgIpc) is 2.93. The largest absolute Gasteiger partial charge is 0.497 e. The van der Waals surface area contributed by atoms with Crippen LogP contribution in [0.5, 0.6) is 11.5 Å². The summed E-state index contributed by atoms with van der Waals surface area (Å²) >= 11 is 1.31. The number of ether oxygens (including phenoxy) is 2. The van der Waals surface area contributed by atoms with Gasteiger partial charge in [-0.05, 0) is 73.5 Å². The van der Waals surface area contributed by atoms with Crippen molar-refractivity contribution in [2.45, 2.75) is 30.7 Å². The van der Waals surface area contributed by atoms with Gasteiger partial charge < -0.3 is 14.8 Å². The molecule has 1 aromatic heterocycles. The lowest BCUT2D eigenvalue weighted by atomic mass is 10.0. The molecule has 1 unspecified atom stereocenters. The van der Waals surface area contributed by atoms with Crippen LogP contribution in [-0.2, 0) is 4.79 Å². The summed E-state index contributed by atoms with van der Waals surface area (Å²) in [5.74, 6) is 1.41. The number of methoxy groups -OCH3 is 2. The Hall–Kier alpha value is -3.91. The number of para-hydroxylation sites is 1. The van der Waals surface area contributed by atoms with Crippen LogP contribution in [0.2, 0.25) is 0 Å². The minimum Gasteiger partial charge on any atom is -0.497 e. The van der Waals surface area contributed by atoms with Crippen molar-refractivity contribution < 1.29 is 14.3 Å². The summed E-state index contributed by atoms with van der Waals surface area (Å²) in [5.41, 5.74) is 4.86. The highest BCUT2D eigenvalue weighted by molar-refractivity contribution is 8.00. The van der Waals surface area contributed by atoms with Crippen molar-refractivity contribution in [1.29, 1.82) is 0 Å². The van der Waals surface area contributed by atoms with E-state index in [9.17, 15) is 4.79 Å². The van der Waals surface area contributed by atoms with Crippen molar-refractivity contribution in [2.75, 3.05) is 19.5 Å². The molecule has 4 aromatic rings. The van der Waals surface area contributed by atoms with Crippen molar-refractivity contribution in [1.82, 2.24) is 15.2 Å². The molecule has 1 heterocycles. The molecule has 1 atom stereocenters. The average molecular weight is 501 g/mol. The monoisotopic (exact) mass is 500 g/mol. The maximum atomic E-state index is 13.0. The zero-order valence-electron chi connectivity index (χ0n) is 20.7. The highest BCUT2D eigenvalue weighted by atomic mass is 32.2. The number of carbonyl (C=O) groups excluding carboxylic acids is 1. The third-order valence-corrected chi connectivity index (χ3v) is 6.92. The van der Waals surface area contributed by atoms with Gasteiger partial charge in [0.2, 0.25) is 11.1 Å². The Labute approximate surface area is 215 Å². The molecule has 0 bridgehead atoms. The predicted molar refractivity (Wildman–Crippen MR) is 144 cm³/mol. The van der Waals surface area contributed by atoms with E-state index >= 15 is 0 Å². The Bertz CT molecular complexity index is 1330. The first-order chi connectivity index (χ1) is 17.5. The van der Waals surface area contributed by atoms with E-state index in [1.807, 2.05) is 86.6 Å². The summed E-state index contributed by atoms with van der Waals surface area (Å²) < 4.78 is 10.6. The summed E-state index contributed by atoms with van der Waals surface area (Å²) in [6.45, 7) is 3.94. The molecule has 3 aromatic carbocycles. The lowest BCUT2D eigenvalue weighted by molar-refractivity contribution is -0.115. The number of nitrogens with one attached hydrogen (secondary N) is 1. The predicted octanol–water partition coefficient (Wildman–Crippen LogP) is 6.04. The second-order valence-electron chi connectivity index (χ2n) is 8.07. The Morgan fingerprint density at radius 3 is 2.00 bits per heavy atom. The quantitative estimate of drug-likeness (QED) is 0.280. The van der Waals surface area contributed by atoms with Crippen LogP contribution in [0.15, 0.2) is 78.0 Å². The van der Waals surface area contributed by atoms with Gasteiger partial charge in [-0.3, -0.25) is 4.79 Å². The lowest BCUT2D eigenvalue weighted by Crippen LogP contribution is -2.25. The molecule has 0 fully saturated rings. The van der Waals surface area contributed by atoms with Crippen LogP contribution in [0.25, 0.3) is 22.5 Å². The third-order valence-electron chi connectivity index (χ3n) is 5.71. The van der Waals surface area contributed by atoms with Crippen LogP contribution in [0.3, 0.4) is 0 Å². The van der Waals surface area contributed by atoms with E-state index in [0.717, 1.165) is 33.9 Å². The second kappa shape index (κ2) is 11.7. The first kappa shape index (κ1) is 25.2. The Morgan fingerprint density at radius 1 is 0.861 bits per heavy atom. The molecule has 0 saturated carbocycles. The Kier molecular flexibility index (Phi) is 8.17. The summed E-state index contributed by atoms with van der Waals surface area (Å²) in [4.78, 5) is 17.9. The number of amides is 1. The number of anilines is 1. The summed E-state index contributed by atoms with van der Waals surface area (Å²) in [6.07, 6.45) is 0.615. The molecule has 36 heavy (non-hydrogen) atoms. The third kappa shape index (κ3) is 5.83. The van der Waals surface area contributed by atoms with E-state index in [1.54, 1.807) is 14.2 Å². The minimum atomic E-state index is -0.373. The van der Waals surface area contributed by atoms with Crippen molar-refractivity contribution >= 4 is 23.4 Å². The molecule has 1 N–H and O–H groups in total. The van der Waals surface area contributed by atoms with E-state index in [0.29, 0.717) is 23.0 Å². The molecular weight excluding hydrogens is 472 g/mol. The molecule has 184 valence electrons. The van der Waals surface area contributed by atoms with Gasteiger partial charge in [0.1, 0.15) is 22.9 Å². The molecule has 7 nitrogen and oxygen atoms in total. The fourth-order valence-electron chi connectivity index (χ4n) is 3.63. The smallest absolute Gasteiger partial charge is 0.237 e. The fourth-order valence-corrected chi connectivity index (χ4v) is 4.45. The van der Waals surface area contributed by atoms with Crippen molar-refractivity contribution in [3.05, 3.63) is 78.4 Å². The van der Waals surface area contributed by atoms with Gasteiger partial charge in [0.05, 0.1) is 19.5 Å². The van der Waals surface area contributed by atoms with Gasteiger partial charge in [-0.15, -0.1) is 10.2 Å². The highest BCUT2D eigenvalue weighted by Gasteiger charge is 2.22. The molecular formula is C28H28N4O3S. The van der Waals surface area contributed by atoms with E-state index in [2.05, 4.69) is 15.5 Å². The molecule has 1 amide bonds. The minimum absolute atomic E-state index is 0.0920. The second-order valence-corrected chi connectivity index (χ2v) is 9.24. The number of benzene rings is 3. The van der Waals surface area contributed by atoms with E-state index in [4.69, 9.17) is 14.5 Å². The SMILES string of the molecule is CCC(Sc1nnc(-c2ccc(OC)cc2)c(-c2ccc(OC)cc2)n1)C(=O)Nc1ccccc1C. The molecule has 4 rings (SSSR count). The van der Waals surface area contributed by atoms with Crippen molar-refractivity contribution in [2.24, 2.45) is 0 Å². The molecule has 0 aliphatic heterocycles. The van der Waals surface area contributed by atoms with Gasteiger partial charge in [0.25, 0.3) is 0 Å². The molecule has 0 aliphatic carbocycles. The van der Waals surface area contributed by atoms with Gasteiger partial charge in [-0.25, -0.2) is 4.98 Å². The zero-order valence-corrected chi connectivity index (χ0v) is 21.5. The van der Waals surface area contributed by atoms with E-state index < -0.39 is 0 Å². The fraction of sp³-hybridized carbons (Fsp3) is 0.214. The zero-order chi connectivity index (χ0) is 25.5. The first-order valence-corrected chi connectivity index (χ1v) is 12.5. The van der Waals surface area contributed by atoms with Crippen LogP contribution >= 0.6 is 11.8 Å². The molecule has 0 aliphatic rings. The van der Waals surface area contributed by atoms with Gasteiger partial charge in [0, 0.05) is 16.8 Å². The molecule has 0 saturated heterocycles. The normalized spacial score (nSPS) is 11.6. The van der Waals surface area contributed by atoms with Gasteiger partial charge in [-0.2, -0.15) is 0 Å². The number of nitrogens with zero attached hydrogens (tertiary/aromatic N) is 3. The number of hydrogen-bond acceptors (Lipinski definition) is 7. The van der Waals surface area contributed by atoms with Crippen LogP contribution in [-0.4, -0.2) is 40.6 Å². The lowest BCUT2D eigenvalue weighted by Gasteiger charge is -2.16. The standard InChI is InChI=1S/C28H28N4O3S/c1-5-24(27(33)29-23-9-7-6-8-18(23)2)36-28-30-25(19-10-14-21(34-3)15-11-19)26(31-32-28)20-12-16-22(35-4)17-13-20/h6-17,24H,5H2,1-4H3,(H,29,33). The number of hydrogen-bond donors (Lipinski definition) is 1. The number of rotatable bonds is 9. The number of carbonyl (C=O) groups is 1. The number of thioether (sulfide) groups is 1. The van der Waals surface area contributed by atoms with Gasteiger partial charge in [0.15, 0.2) is 0 Å². The highest BCUT2D eigenvalue weighted by Crippen LogP contribution is 2.33. The molecule has 0 spiro atoms. The van der Waals surface area contributed by atoms with E-state index in [1.165, 1.54) is 11.8 Å². The van der Waals surface area contributed by atoms with Crippen LogP contribution in [0.1, 0.15) is 18.9 Å². The maximum absolute atomic E-state index is 13.0. The number of aromatic nitrogens is 3. The topological polar surface area (TPSA) is 86.2 Å². The summed E-state index contributed by atoms with van der Waals surface area (Å²) in [7, 11) is 3.26.